The van der Waals surface area contributed by atoms with Crippen molar-refractivity contribution in [2.24, 2.45) is 0 Å². The van der Waals surface area contributed by atoms with Crippen molar-refractivity contribution in [1.82, 2.24) is 0 Å². The van der Waals surface area contributed by atoms with Gasteiger partial charge < -0.3 is 9.84 Å². The van der Waals surface area contributed by atoms with E-state index in [2.05, 4.69) is 24.3 Å². The van der Waals surface area contributed by atoms with Gasteiger partial charge in [0.15, 0.2) is 0 Å². The van der Waals surface area contributed by atoms with Gasteiger partial charge in [-0.1, -0.05) is 91.7 Å². The van der Waals surface area contributed by atoms with E-state index in [1.54, 1.807) is 12.1 Å². The Morgan fingerprint density at radius 1 is 0.900 bits per heavy atom. The fourth-order valence-corrected chi connectivity index (χ4v) is 4.75. The van der Waals surface area contributed by atoms with Crippen molar-refractivity contribution < 1.29 is 14.6 Å². The normalized spacial score (nSPS) is 22.2. The quantitative estimate of drug-likeness (QED) is 0.569. The monoisotopic (exact) mass is 400 g/mol. The zero-order chi connectivity index (χ0) is 20.8. The molecule has 3 atom stereocenters. The molecule has 3 aromatic carbocycles. The average molecular weight is 401 g/mol. The van der Waals surface area contributed by atoms with Crippen molar-refractivity contribution >= 4 is 5.97 Å². The lowest BCUT2D eigenvalue weighted by Crippen LogP contribution is -2.53. The van der Waals surface area contributed by atoms with Crippen LogP contribution in [-0.4, -0.2) is 23.3 Å². The Balaban J connectivity index is 1.76. The number of aliphatic hydroxyl groups is 1. The maximum Gasteiger partial charge on any atom is 0.338 e. The molecule has 30 heavy (non-hydrogen) atoms. The van der Waals surface area contributed by atoms with E-state index in [0.717, 1.165) is 30.4 Å². The zero-order valence-corrected chi connectivity index (χ0v) is 17.1. The number of aliphatic hydroxyl groups excluding tert-OH is 1. The number of hydrogen-bond acceptors (Lipinski definition) is 3. The van der Waals surface area contributed by atoms with Crippen molar-refractivity contribution in [2.45, 2.75) is 49.7 Å². The molecule has 3 nitrogen and oxygen atoms in total. The lowest BCUT2D eigenvalue weighted by molar-refractivity contribution is -0.0559. The van der Waals surface area contributed by atoms with Crippen LogP contribution in [0, 0.1) is 0 Å². The van der Waals surface area contributed by atoms with Crippen LogP contribution in [0.15, 0.2) is 91.0 Å². The number of benzene rings is 3. The third-order valence-electron chi connectivity index (χ3n) is 6.32. The maximum absolute atomic E-state index is 13.1. The van der Waals surface area contributed by atoms with Gasteiger partial charge in [-0.3, -0.25) is 0 Å². The molecule has 3 aromatic rings. The fourth-order valence-electron chi connectivity index (χ4n) is 4.75. The molecular weight excluding hydrogens is 372 g/mol. The molecule has 4 rings (SSSR count). The molecule has 0 unspecified atom stereocenters. The van der Waals surface area contributed by atoms with E-state index in [4.69, 9.17) is 4.74 Å². The second-order valence-electron chi connectivity index (χ2n) is 8.12. The van der Waals surface area contributed by atoms with Crippen LogP contribution in [0.25, 0.3) is 0 Å². The molecule has 0 saturated heterocycles. The Bertz CT molecular complexity index is 940. The van der Waals surface area contributed by atoms with Gasteiger partial charge in [0.05, 0.1) is 17.1 Å². The third-order valence-corrected chi connectivity index (χ3v) is 6.32. The summed E-state index contributed by atoms with van der Waals surface area (Å²) in [5.74, 6) is -0.343. The molecule has 1 fully saturated rings. The minimum Gasteiger partial charge on any atom is -0.457 e. The Hall–Kier alpha value is -2.91. The molecule has 3 heteroatoms. The van der Waals surface area contributed by atoms with Gasteiger partial charge in [0, 0.05) is 6.42 Å². The molecule has 0 aromatic heterocycles. The van der Waals surface area contributed by atoms with Gasteiger partial charge in [-0.2, -0.15) is 0 Å². The molecule has 0 bridgehead atoms. The summed E-state index contributed by atoms with van der Waals surface area (Å²) in [6.07, 6.45) is 3.02. The highest BCUT2D eigenvalue weighted by Crippen LogP contribution is 2.45. The van der Waals surface area contributed by atoms with E-state index in [1.165, 1.54) is 0 Å². The van der Waals surface area contributed by atoms with Gasteiger partial charge in [-0.05, 0) is 36.1 Å². The van der Waals surface area contributed by atoms with Crippen molar-refractivity contribution in [3.05, 3.63) is 108 Å². The number of hydrogen-bond donors (Lipinski definition) is 1. The van der Waals surface area contributed by atoms with Gasteiger partial charge >= 0.3 is 5.97 Å². The van der Waals surface area contributed by atoms with E-state index < -0.39 is 17.6 Å². The minimum atomic E-state index is -0.625. The van der Waals surface area contributed by atoms with Crippen LogP contribution in [0.2, 0.25) is 0 Å². The first-order chi connectivity index (χ1) is 14.7. The molecule has 0 aliphatic heterocycles. The number of carbonyl (C=O) groups is 1. The largest absolute Gasteiger partial charge is 0.457 e. The highest BCUT2D eigenvalue weighted by Gasteiger charge is 2.49. The lowest BCUT2D eigenvalue weighted by Gasteiger charge is -2.47. The van der Waals surface area contributed by atoms with Gasteiger partial charge in [-0.25, -0.2) is 4.79 Å². The Morgan fingerprint density at radius 3 is 2.13 bits per heavy atom. The van der Waals surface area contributed by atoms with Gasteiger partial charge in [0.1, 0.15) is 6.10 Å². The highest BCUT2D eigenvalue weighted by molar-refractivity contribution is 5.89. The number of rotatable bonds is 6. The second kappa shape index (κ2) is 9.27. The third kappa shape index (κ3) is 4.17. The summed E-state index contributed by atoms with van der Waals surface area (Å²) in [6.45, 7) is 0. The van der Waals surface area contributed by atoms with Gasteiger partial charge in [0.25, 0.3) is 0 Å². The first kappa shape index (κ1) is 20.4. The van der Waals surface area contributed by atoms with E-state index in [9.17, 15) is 9.90 Å². The van der Waals surface area contributed by atoms with Crippen LogP contribution in [-0.2, 0) is 16.6 Å². The molecule has 0 heterocycles. The Labute approximate surface area is 178 Å². The molecule has 1 aliphatic carbocycles. The molecule has 1 saturated carbocycles. The highest BCUT2D eigenvalue weighted by atomic mass is 16.5. The summed E-state index contributed by atoms with van der Waals surface area (Å²) < 4.78 is 6.21. The smallest absolute Gasteiger partial charge is 0.338 e. The molecular formula is C27H28O3. The zero-order valence-electron chi connectivity index (χ0n) is 17.1. The summed E-state index contributed by atoms with van der Waals surface area (Å²) in [4.78, 5) is 13.1. The Morgan fingerprint density at radius 2 is 1.50 bits per heavy atom. The fraction of sp³-hybridized carbons (Fsp3) is 0.296. The van der Waals surface area contributed by atoms with Gasteiger partial charge in [0.2, 0.25) is 0 Å². The van der Waals surface area contributed by atoms with Gasteiger partial charge in [-0.15, -0.1) is 0 Å². The lowest BCUT2D eigenvalue weighted by atomic mass is 9.63. The minimum absolute atomic E-state index is 0.343. The Kier molecular flexibility index (Phi) is 6.29. The predicted molar refractivity (Wildman–Crippen MR) is 118 cm³/mol. The van der Waals surface area contributed by atoms with Crippen LogP contribution >= 0.6 is 0 Å². The summed E-state index contributed by atoms with van der Waals surface area (Å²) in [5, 5.41) is 11.3. The first-order valence-electron chi connectivity index (χ1n) is 10.7. The summed E-state index contributed by atoms with van der Waals surface area (Å²) in [6, 6.07) is 29.3. The molecule has 0 amide bonds. The second-order valence-corrected chi connectivity index (χ2v) is 8.12. The van der Waals surface area contributed by atoms with Crippen LogP contribution < -0.4 is 0 Å². The number of ether oxygens (including phenoxy) is 1. The molecule has 1 N–H and O–H groups in total. The van der Waals surface area contributed by atoms with Crippen LogP contribution in [0.3, 0.4) is 0 Å². The molecule has 1 aliphatic rings. The van der Waals surface area contributed by atoms with E-state index in [-0.39, 0.29) is 5.97 Å². The SMILES string of the molecule is O=C(O[C@@H](Cc1ccccc1)[C@]1(c2ccccc2)CCCC[C@@H]1O)c1ccccc1. The maximum atomic E-state index is 13.1. The standard InChI is InChI=1S/C27H28O3/c28-24-18-10-11-19-27(24,23-16-8-3-9-17-23)25(20-21-12-4-1-5-13-21)30-26(29)22-14-6-2-7-15-22/h1-9,12-17,24-25,28H,10-11,18-20H2/t24-,25-,27-/m0/s1. The van der Waals surface area contributed by atoms with Crippen molar-refractivity contribution in [2.75, 3.05) is 0 Å². The molecule has 154 valence electrons. The number of carbonyl (C=O) groups excluding carboxylic acids is 1. The van der Waals surface area contributed by atoms with Crippen molar-refractivity contribution in [3.63, 3.8) is 0 Å². The summed E-state index contributed by atoms with van der Waals surface area (Å²) in [5.41, 5.74) is 2.04. The van der Waals surface area contributed by atoms with E-state index in [1.807, 2.05) is 54.6 Å². The van der Waals surface area contributed by atoms with E-state index in [0.29, 0.717) is 18.4 Å². The summed E-state index contributed by atoms with van der Waals surface area (Å²) in [7, 11) is 0. The van der Waals surface area contributed by atoms with Crippen LogP contribution in [0.1, 0.15) is 47.2 Å². The van der Waals surface area contributed by atoms with Crippen LogP contribution in [0.5, 0.6) is 0 Å². The van der Waals surface area contributed by atoms with Crippen LogP contribution in [0.4, 0.5) is 0 Å². The predicted octanol–water partition coefficient (Wildman–Crippen LogP) is 5.33. The van der Waals surface area contributed by atoms with Crippen molar-refractivity contribution in [3.8, 4) is 0 Å². The molecule has 0 radical (unpaired) electrons. The van der Waals surface area contributed by atoms with E-state index >= 15 is 0 Å². The average Bonchev–Trinajstić information content (AvgIpc) is 2.81. The van der Waals surface area contributed by atoms with Crippen molar-refractivity contribution in [1.29, 1.82) is 0 Å². The summed E-state index contributed by atoms with van der Waals surface area (Å²) >= 11 is 0. The topological polar surface area (TPSA) is 46.5 Å². The first-order valence-corrected chi connectivity index (χ1v) is 10.7. The molecule has 0 spiro atoms. The number of esters is 1.